The lowest BCUT2D eigenvalue weighted by Crippen LogP contribution is -2.03. The highest BCUT2D eigenvalue weighted by Gasteiger charge is 2.11. The van der Waals surface area contributed by atoms with Crippen molar-refractivity contribution in [3.8, 4) is 11.3 Å². The van der Waals surface area contributed by atoms with E-state index in [0.29, 0.717) is 5.95 Å². The average molecular weight is 333 g/mol. The number of hydrogen-bond acceptors (Lipinski definition) is 3. The van der Waals surface area contributed by atoms with Gasteiger partial charge in [0.15, 0.2) is 0 Å². The third kappa shape index (κ3) is 4.44. The maximum atomic E-state index is 4.75. The van der Waals surface area contributed by atoms with Gasteiger partial charge in [0, 0.05) is 16.9 Å². The fraction of sp³-hybridized carbons (Fsp3) is 0.273. The summed E-state index contributed by atoms with van der Waals surface area (Å²) in [6.07, 6.45) is 0. The molecule has 3 nitrogen and oxygen atoms in total. The molecule has 0 bridgehead atoms. The first-order chi connectivity index (χ1) is 12.0. The molecule has 25 heavy (non-hydrogen) atoms. The van der Waals surface area contributed by atoms with Gasteiger partial charge in [-0.3, -0.25) is 0 Å². The van der Waals surface area contributed by atoms with Crippen molar-refractivity contribution in [2.75, 3.05) is 5.32 Å². The molecule has 130 valence electrons. The van der Waals surface area contributed by atoms with Crippen LogP contribution in [0.4, 0.5) is 11.6 Å². The second kappa shape index (κ2) is 8.43. The normalized spacial score (nSPS) is 10.0. The van der Waals surface area contributed by atoms with Gasteiger partial charge in [-0.25, -0.2) is 9.97 Å². The third-order valence-electron chi connectivity index (χ3n) is 4.20. The molecule has 0 saturated carbocycles. The molecule has 0 radical (unpaired) electrons. The maximum Gasteiger partial charge on any atom is 0.228 e. The number of para-hydroxylation sites is 1. The highest BCUT2D eigenvalue weighted by molar-refractivity contribution is 5.67. The van der Waals surface area contributed by atoms with E-state index in [1.165, 1.54) is 11.1 Å². The number of aromatic nitrogens is 2. The number of hydrogen-bond donors (Lipinski definition) is 1. The molecule has 0 atom stereocenters. The molecular formula is C22H27N3. The zero-order chi connectivity index (χ0) is 18.4. The number of rotatable bonds is 3. The van der Waals surface area contributed by atoms with Crippen molar-refractivity contribution in [2.24, 2.45) is 0 Å². The Morgan fingerprint density at radius 3 is 2.08 bits per heavy atom. The Morgan fingerprint density at radius 2 is 1.44 bits per heavy atom. The lowest BCUT2D eigenvalue weighted by Gasteiger charge is -2.13. The summed E-state index contributed by atoms with van der Waals surface area (Å²) < 4.78 is 0. The van der Waals surface area contributed by atoms with Crippen molar-refractivity contribution in [3.63, 3.8) is 0 Å². The molecule has 0 fully saturated rings. The first-order valence-electron chi connectivity index (χ1n) is 8.79. The molecule has 0 aliphatic rings. The van der Waals surface area contributed by atoms with Gasteiger partial charge in [-0.2, -0.15) is 0 Å². The van der Waals surface area contributed by atoms with Crippen molar-refractivity contribution in [3.05, 3.63) is 70.9 Å². The predicted octanol–water partition coefficient (Wildman–Crippen LogP) is 6.15. The van der Waals surface area contributed by atoms with Gasteiger partial charge >= 0.3 is 0 Å². The molecule has 0 unspecified atom stereocenters. The summed E-state index contributed by atoms with van der Waals surface area (Å²) in [5.74, 6) is 0.632. The summed E-state index contributed by atoms with van der Waals surface area (Å²) >= 11 is 0. The number of aryl methyl sites for hydroxylation is 3. The lowest BCUT2D eigenvalue weighted by molar-refractivity contribution is 1.07. The minimum Gasteiger partial charge on any atom is -0.324 e. The van der Waals surface area contributed by atoms with Gasteiger partial charge in [-0.15, -0.1) is 0 Å². The van der Waals surface area contributed by atoms with Crippen molar-refractivity contribution < 1.29 is 0 Å². The van der Waals surface area contributed by atoms with Crippen LogP contribution in [0.15, 0.2) is 48.5 Å². The smallest absolute Gasteiger partial charge is 0.228 e. The third-order valence-corrected chi connectivity index (χ3v) is 4.20. The van der Waals surface area contributed by atoms with Gasteiger partial charge in [0.05, 0.1) is 5.69 Å². The minimum atomic E-state index is 0.632. The van der Waals surface area contributed by atoms with Crippen LogP contribution in [0.1, 0.15) is 36.2 Å². The Bertz CT molecular complexity index is 839. The van der Waals surface area contributed by atoms with E-state index in [1.54, 1.807) is 0 Å². The molecular weight excluding hydrogens is 306 g/mol. The van der Waals surface area contributed by atoms with Crippen molar-refractivity contribution in [2.45, 2.75) is 41.5 Å². The van der Waals surface area contributed by atoms with Crippen LogP contribution in [-0.4, -0.2) is 9.97 Å². The molecule has 0 aliphatic heterocycles. The summed E-state index contributed by atoms with van der Waals surface area (Å²) in [7, 11) is 0. The standard InChI is InChI=1S/C20H21N3.C2H6/c1-13-10-11-17(12-14(13)2)19-15(3)16(4)21-20(23-19)22-18-8-6-5-7-9-18;1-2/h5-12H,1-4H3,(H,21,22,23);1-2H3. The van der Waals surface area contributed by atoms with Gasteiger partial charge in [0.25, 0.3) is 0 Å². The van der Waals surface area contributed by atoms with Crippen LogP contribution in [0.2, 0.25) is 0 Å². The Labute approximate surface area is 151 Å². The quantitative estimate of drug-likeness (QED) is 0.625. The van der Waals surface area contributed by atoms with Crippen LogP contribution in [0.5, 0.6) is 0 Å². The van der Waals surface area contributed by atoms with Gasteiger partial charge in [0.1, 0.15) is 0 Å². The second-order valence-electron chi connectivity index (χ2n) is 5.90. The SMILES string of the molecule is CC.Cc1ccc(-c2nc(Nc3ccccc3)nc(C)c2C)cc1C. The summed E-state index contributed by atoms with van der Waals surface area (Å²) in [5, 5.41) is 3.29. The van der Waals surface area contributed by atoms with Gasteiger partial charge in [-0.05, 0) is 62.6 Å². The molecule has 0 spiro atoms. The van der Waals surface area contributed by atoms with E-state index in [4.69, 9.17) is 4.98 Å². The Hall–Kier alpha value is -2.68. The minimum absolute atomic E-state index is 0.632. The summed E-state index contributed by atoms with van der Waals surface area (Å²) in [6.45, 7) is 12.4. The number of nitrogens with one attached hydrogen (secondary N) is 1. The van der Waals surface area contributed by atoms with E-state index in [9.17, 15) is 0 Å². The molecule has 2 aromatic carbocycles. The summed E-state index contributed by atoms with van der Waals surface area (Å²) in [6, 6.07) is 16.5. The van der Waals surface area contributed by atoms with Crippen molar-refractivity contribution in [1.29, 1.82) is 0 Å². The topological polar surface area (TPSA) is 37.8 Å². The summed E-state index contributed by atoms with van der Waals surface area (Å²) in [5.41, 5.74) is 7.78. The first kappa shape index (κ1) is 18.7. The Balaban J connectivity index is 0.00000109. The van der Waals surface area contributed by atoms with E-state index in [0.717, 1.165) is 28.2 Å². The van der Waals surface area contributed by atoms with E-state index in [-0.39, 0.29) is 0 Å². The molecule has 0 aliphatic carbocycles. The van der Waals surface area contributed by atoms with E-state index in [1.807, 2.05) is 51.1 Å². The molecule has 3 aromatic rings. The predicted molar refractivity (Wildman–Crippen MR) is 107 cm³/mol. The van der Waals surface area contributed by atoms with Gasteiger partial charge in [0.2, 0.25) is 5.95 Å². The first-order valence-corrected chi connectivity index (χ1v) is 8.79. The monoisotopic (exact) mass is 333 g/mol. The van der Waals surface area contributed by atoms with Gasteiger partial charge in [-0.1, -0.05) is 44.2 Å². The Morgan fingerprint density at radius 1 is 0.760 bits per heavy atom. The van der Waals surface area contributed by atoms with Crippen LogP contribution in [0.3, 0.4) is 0 Å². The van der Waals surface area contributed by atoms with E-state index < -0.39 is 0 Å². The Kier molecular flexibility index (Phi) is 6.29. The van der Waals surface area contributed by atoms with Crippen LogP contribution in [0.25, 0.3) is 11.3 Å². The lowest BCUT2D eigenvalue weighted by atomic mass is 10.0. The van der Waals surface area contributed by atoms with Crippen molar-refractivity contribution >= 4 is 11.6 Å². The van der Waals surface area contributed by atoms with Crippen LogP contribution in [0, 0.1) is 27.7 Å². The summed E-state index contributed by atoms with van der Waals surface area (Å²) in [4.78, 5) is 9.32. The molecule has 3 heteroatoms. The highest BCUT2D eigenvalue weighted by atomic mass is 15.1. The number of benzene rings is 2. The average Bonchev–Trinajstić information content (AvgIpc) is 2.63. The van der Waals surface area contributed by atoms with Crippen LogP contribution < -0.4 is 5.32 Å². The fourth-order valence-electron chi connectivity index (χ4n) is 2.51. The van der Waals surface area contributed by atoms with E-state index in [2.05, 4.69) is 49.3 Å². The molecule has 0 saturated heterocycles. The zero-order valence-corrected chi connectivity index (χ0v) is 16.0. The van der Waals surface area contributed by atoms with Gasteiger partial charge < -0.3 is 5.32 Å². The highest BCUT2D eigenvalue weighted by Crippen LogP contribution is 2.26. The molecule has 1 heterocycles. The molecule has 1 N–H and O–H groups in total. The van der Waals surface area contributed by atoms with Crippen LogP contribution in [-0.2, 0) is 0 Å². The fourth-order valence-corrected chi connectivity index (χ4v) is 2.51. The second-order valence-corrected chi connectivity index (χ2v) is 5.90. The largest absolute Gasteiger partial charge is 0.324 e. The van der Waals surface area contributed by atoms with Crippen LogP contribution >= 0.6 is 0 Å². The number of anilines is 2. The van der Waals surface area contributed by atoms with E-state index >= 15 is 0 Å². The van der Waals surface area contributed by atoms with Crippen molar-refractivity contribution in [1.82, 2.24) is 9.97 Å². The molecule has 1 aromatic heterocycles. The maximum absolute atomic E-state index is 4.75. The number of nitrogens with zero attached hydrogens (tertiary/aromatic N) is 2. The molecule has 0 amide bonds. The zero-order valence-electron chi connectivity index (χ0n) is 16.0. The molecule has 3 rings (SSSR count).